The number of nitrogens with one attached hydrogen (secondary N) is 1. The summed E-state index contributed by atoms with van der Waals surface area (Å²) in [5.41, 5.74) is 2.78. The normalized spacial score (nSPS) is 10.9. The number of aromatic nitrogens is 2. The van der Waals surface area contributed by atoms with Gasteiger partial charge in [0.05, 0.1) is 5.69 Å². The van der Waals surface area contributed by atoms with Crippen molar-refractivity contribution in [3.05, 3.63) is 70.3 Å². The third kappa shape index (κ3) is 4.08. The Kier molecular flexibility index (Phi) is 5.02. The van der Waals surface area contributed by atoms with E-state index in [2.05, 4.69) is 10.3 Å². The molecule has 0 unspecified atom stereocenters. The van der Waals surface area contributed by atoms with E-state index in [1.807, 2.05) is 32.9 Å². The summed E-state index contributed by atoms with van der Waals surface area (Å²) in [6, 6.07) is 12.3. The van der Waals surface area contributed by atoms with E-state index in [1.165, 1.54) is 10.5 Å². The van der Waals surface area contributed by atoms with Crippen LogP contribution in [0.25, 0.3) is 5.65 Å². The van der Waals surface area contributed by atoms with E-state index in [9.17, 15) is 9.59 Å². The molecule has 0 bridgehead atoms. The molecule has 1 N–H and O–H groups in total. The molecule has 0 saturated heterocycles. The number of carbonyl (C=O) groups is 1. The van der Waals surface area contributed by atoms with E-state index >= 15 is 0 Å². The highest BCUT2D eigenvalue weighted by atomic mass is 16.5. The molecule has 6 nitrogen and oxygen atoms in total. The van der Waals surface area contributed by atoms with E-state index in [4.69, 9.17) is 4.74 Å². The van der Waals surface area contributed by atoms with Crippen molar-refractivity contribution in [2.24, 2.45) is 5.92 Å². The molecule has 0 aliphatic rings. The first-order chi connectivity index (χ1) is 12.4. The number of aryl methyl sites for hydroxylation is 1. The average Bonchev–Trinajstić information content (AvgIpc) is 2.60. The van der Waals surface area contributed by atoms with E-state index in [0.29, 0.717) is 22.8 Å². The van der Waals surface area contributed by atoms with Crippen molar-refractivity contribution in [2.75, 3.05) is 5.32 Å². The predicted octanol–water partition coefficient (Wildman–Crippen LogP) is 3.18. The van der Waals surface area contributed by atoms with Gasteiger partial charge in [0.2, 0.25) is 5.91 Å². The third-order valence-electron chi connectivity index (χ3n) is 3.91. The van der Waals surface area contributed by atoms with Crippen LogP contribution in [-0.4, -0.2) is 15.3 Å². The second-order valence-corrected chi connectivity index (χ2v) is 6.48. The Morgan fingerprint density at radius 3 is 2.62 bits per heavy atom. The number of hydrogen-bond acceptors (Lipinski definition) is 4. The summed E-state index contributed by atoms with van der Waals surface area (Å²) in [6.45, 7) is 5.83. The highest BCUT2D eigenvalue weighted by molar-refractivity contribution is 5.92. The summed E-state index contributed by atoms with van der Waals surface area (Å²) in [4.78, 5) is 28.3. The van der Waals surface area contributed by atoms with Crippen LogP contribution in [-0.2, 0) is 11.4 Å². The molecule has 2 aromatic heterocycles. The zero-order valence-electron chi connectivity index (χ0n) is 15.0. The minimum atomic E-state index is -0.139. The molecule has 0 aliphatic heterocycles. The Morgan fingerprint density at radius 2 is 1.92 bits per heavy atom. The number of rotatable bonds is 5. The lowest BCUT2D eigenvalue weighted by molar-refractivity contribution is -0.118. The topological polar surface area (TPSA) is 72.7 Å². The number of amides is 1. The van der Waals surface area contributed by atoms with Crippen molar-refractivity contribution in [1.82, 2.24) is 9.38 Å². The van der Waals surface area contributed by atoms with Crippen LogP contribution in [0.1, 0.15) is 25.1 Å². The first-order valence-electron chi connectivity index (χ1n) is 8.45. The smallest absolute Gasteiger partial charge is 0.258 e. The second kappa shape index (κ2) is 7.39. The molecule has 3 aromatic rings. The summed E-state index contributed by atoms with van der Waals surface area (Å²) in [7, 11) is 0. The van der Waals surface area contributed by atoms with E-state index in [1.54, 1.807) is 30.5 Å². The van der Waals surface area contributed by atoms with Gasteiger partial charge in [-0.05, 0) is 48.9 Å². The number of ether oxygens (including phenoxy) is 1. The summed E-state index contributed by atoms with van der Waals surface area (Å²) in [6.07, 6.45) is 1.72. The summed E-state index contributed by atoms with van der Waals surface area (Å²) >= 11 is 0. The van der Waals surface area contributed by atoms with E-state index in [-0.39, 0.29) is 24.0 Å². The van der Waals surface area contributed by atoms with Gasteiger partial charge in [-0.1, -0.05) is 13.8 Å². The maximum atomic E-state index is 12.2. The molecule has 6 heteroatoms. The Bertz CT molecular complexity index is 991. The Balaban J connectivity index is 1.70. The molecular formula is C20H21N3O3. The van der Waals surface area contributed by atoms with Crippen LogP contribution >= 0.6 is 0 Å². The molecule has 1 amide bonds. The van der Waals surface area contributed by atoms with Crippen molar-refractivity contribution < 1.29 is 9.53 Å². The minimum absolute atomic E-state index is 0.0326. The van der Waals surface area contributed by atoms with Gasteiger partial charge in [-0.3, -0.25) is 14.0 Å². The van der Waals surface area contributed by atoms with Crippen LogP contribution in [0.15, 0.2) is 53.5 Å². The maximum Gasteiger partial charge on any atom is 0.258 e. The van der Waals surface area contributed by atoms with Crippen LogP contribution < -0.4 is 15.6 Å². The molecule has 0 fully saturated rings. The van der Waals surface area contributed by atoms with Crippen LogP contribution in [0.2, 0.25) is 0 Å². The zero-order valence-corrected chi connectivity index (χ0v) is 15.0. The van der Waals surface area contributed by atoms with Crippen LogP contribution in [0.5, 0.6) is 5.75 Å². The number of nitrogens with zero attached hydrogens (tertiary/aromatic N) is 2. The molecule has 0 spiro atoms. The predicted molar refractivity (Wildman–Crippen MR) is 100 cm³/mol. The highest BCUT2D eigenvalue weighted by Gasteiger charge is 2.07. The van der Waals surface area contributed by atoms with Gasteiger partial charge in [0.1, 0.15) is 18.0 Å². The fourth-order valence-electron chi connectivity index (χ4n) is 2.41. The van der Waals surface area contributed by atoms with Crippen molar-refractivity contribution in [3.8, 4) is 5.75 Å². The van der Waals surface area contributed by atoms with E-state index < -0.39 is 0 Å². The van der Waals surface area contributed by atoms with Crippen molar-refractivity contribution in [3.63, 3.8) is 0 Å². The first kappa shape index (κ1) is 17.7. The number of pyridine rings is 1. The zero-order chi connectivity index (χ0) is 18.7. The molecule has 1 aromatic carbocycles. The Hall–Kier alpha value is -3.15. The molecule has 0 saturated carbocycles. The van der Waals surface area contributed by atoms with Crippen molar-refractivity contribution >= 4 is 17.2 Å². The molecule has 3 rings (SSSR count). The molecule has 2 heterocycles. The fraction of sp³-hybridized carbons (Fsp3) is 0.250. The Morgan fingerprint density at radius 1 is 1.19 bits per heavy atom. The first-order valence-corrected chi connectivity index (χ1v) is 8.45. The lowest BCUT2D eigenvalue weighted by Gasteiger charge is -2.10. The quantitative estimate of drug-likeness (QED) is 0.766. The van der Waals surface area contributed by atoms with Gasteiger partial charge in [-0.15, -0.1) is 0 Å². The lowest BCUT2D eigenvalue weighted by atomic mass is 10.2. The summed E-state index contributed by atoms with van der Waals surface area (Å²) in [5, 5.41) is 2.82. The van der Waals surface area contributed by atoms with Crippen LogP contribution in [0.3, 0.4) is 0 Å². The van der Waals surface area contributed by atoms with Gasteiger partial charge in [0, 0.05) is 23.9 Å². The average molecular weight is 351 g/mol. The molecule has 26 heavy (non-hydrogen) atoms. The minimum Gasteiger partial charge on any atom is -0.487 e. The molecule has 0 aliphatic carbocycles. The molecule has 134 valence electrons. The molecular weight excluding hydrogens is 330 g/mol. The number of anilines is 1. The number of carbonyl (C=O) groups excluding carboxylic acids is 1. The van der Waals surface area contributed by atoms with Crippen LogP contribution in [0, 0.1) is 12.8 Å². The van der Waals surface area contributed by atoms with Gasteiger partial charge in [-0.2, -0.15) is 0 Å². The van der Waals surface area contributed by atoms with Crippen molar-refractivity contribution in [2.45, 2.75) is 27.4 Å². The maximum absolute atomic E-state index is 12.2. The number of fused-ring (bicyclic) bond motifs is 1. The summed E-state index contributed by atoms with van der Waals surface area (Å²) < 4.78 is 7.21. The number of hydrogen-bond donors (Lipinski definition) is 1. The van der Waals surface area contributed by atoms with Gasteiger partial charge < -0.3 is 10.1 Å². The third-order valence-corrected chi connectivity index (χ3v) is 3.91. The van der Waals surface area contributed by atoms with Gasteiger partial charge in [0.15, 0.2) is 0 Å². The Labute approximate surface area is 151 Å². The molecule has 0 radical (unpaired) electrons. The van der Waals surface area contributed by atoms with Gasteiger partial charge in [-0.25, -0.2) is 4.98 Å². The van der Waals surface area contributed by atoms with Gasteiger partial charge >= 0.3 is 0 Å². The second-order valence-electron chi connectivity index (χ2n) is 6.48. The lowest BCUT2D eigenvalue weighted by Crippen LogP contribution is -2.17. The SMILES string of the molecule is Cc1ccn2c(=O)cc(COc3ccc(NC(=O)C(C)C)cc3)nc2c1. The standard InChI is InChI=1S/C20H21N3O3/c1-13(2)20(25)22-15-4-6-17(7-5-15)26-12-16-11-19(24)23-9-8-14(3)10-18(23)21-16/h4-11,13H,12H2,1-3H3,(H,22,25). The van der Waals surface area contributed by atoms with Crippen LogP contribution in [0.4, 0.5) is 5.69 Å². The number of benzene rings is 1. The monoisotopic (exact) mass is 351 g/mol. The largest absolute Gasteiger partial charge is 0.487 e. The van der Waals surface area contributed by atoms with E-state index in [0.717, 1.165) is 5.56 Å². The molecule has 0 atom stereocenters. The van der Waals surface area contributed by atoms with Crippen molar-refractivity contribution in [1.29, 1.82) is 0 Å². The summed E-state index contributed by atoms with van der Waals surface area (Å²) in [5.74, 6) is 0.529. The highest BCUT2D eigenvalue weighted by Crippen LogP contribution is 2.17. The fourth-order valence-corrected chi connectivity index (χ4v) is 2.41. The van der Waals surface area contributed by atoms with Gasteiger partial charge in [0.25, 0.3) is 5.56 Å².